The van der Waals surface area contributed by atoms with Gasteiger partial charge in [-0.15, -0.1) is 0 Å². The number of halogens is 2. The van der Waals surface area contributed by atoms with Crippen LogP contribution >= 0.6 is 27.5 Å². The van der Waals surface area contributed by atoms with E-state index in [9.17, 15) is 14.9 Å². The van der Waals surface area contributed by atoms with Crippen molar-refractivity contribution in [3.05, 3.63) is 45.0 Å². The van der Waals surface area contributed by atoms with Crippen molar-refractivity contribution >= 4 is 33.3 Å². The summed E-state index contributed by atoms with van der Waals surface area (Å²) in [6.07, 6.45) is 0. The topological polar surface area (TPSA) is 60.2 Å². The van der Waals surface area contributed by atoms with Crippen molar-refractivity contribution in [2.45, 2.75) is 31.5 Å². The fourth-order valence-corrected chi connectivity index (χ4v) is 3.12. The van der Waals surface area contributed by atoms with Gasteiger partial charge in [0.25, 0.3) is 0 Å². The lowest BCUT2D eigenvalue weighted by Crippen LogP contribution is -2.35. The van der Waals surface area contributed by atoms with Gasteiger partial charge in [0, 0.05) is 15.4 Å². The van der Waals surface area contributed by atoms with Crippen molar-refractivity contribution in [2.24, 2.45) is 5.41 Å². The molecule has 0 aliphatic carbocycles. The molecular formula is C14H17BrClNO3. The Labute approximate surface area is 131 Å². The molecule has 1 aromatic carbocycles. The molecule has 1 rings (SSSR count). The van der Waals surface area contributed by atoms with E-state index >= 15 is 0 Å². The summed E-state index contributed by atoms with van der Waals surface area (Å²) in [6.45, 7) is 5.09. The molecule has 0 bridgehead atoms. The first-order valence-corrected chi connectivity index (χ1v) is 7.48. The zero-order valence-electron chi connectivity index (χ0n) is 11.6. The summed E-state index contributed by atoms with van der Waals surface area (Å²) in [7, 11) is 0. The van der Waals surface area contributed by atoms with Gasteiger partial charge in [0.2, 0.25) is 6.54 Å². The Hall–Kier alpha value is -0.940. The highest BCUT2D eigenvalue weighted by Crippen LogP contribution is 2.32. The Morgan fingerprint density at radius 2 is 1.85 bits per heavy atom. The molecule has 4 nitrogen and oxygen atoms in total. The van der Waals surface area contributed by atoms with E-state index in [0.29, 0.717) is 5.02 Å². The first kappa shape index (κ1) is 17.1. The second-order valence-electron chi connectivity index (χ2n) is 5.69. The molecule has 2 unspecified atom stereocenters. The molecule has 0 saturated carbocycles. The minimum Gasteiger partial charge on any atom is -0.298 e. The van der Waals surface area contributed by atoms with Gasteiger partial charge in [-0.2, -0.15) is 0 Å². The summed E-state index contributed by atoms with van der Waals surface area (Å²) in [4.78, 5) is 22.2. The maximum atomic E-state index is 12.3. The van der Waals surface area contributed by atoms with Gasteiger partial charge in [-0.25, -0.2) is 0 Å². The smallest absolute Gasteiger partial charge is 0.212 e. The summed E-state index contributed by atoms with van der Waals surface area (Å²) in [6, 6.07) is 6.79. The summed E-state index contributed by atoms with van der Waals surface area (Å²) in [5.41, 5.74) is 0.167. The van der Waals surface area contributed by atoms with Crippen molar-refractivity contribution in [1.82, 2.24) is 0 Å². The second-order valence-corrected chi connectivity index (χ2v) is 7.11. The van der Waals surface area contributed by atoms with Crippen molar-refractivity contribution in [1.29, 1.82) is 0 Å². The zero-order chi connectivity index (χ0) is 15.5. The maximum absolute atomic E-state index is 12.3. The number of carbonyl (C=O) groups is 1. The van der Waals surface area contributed by atoms with Crippen LogP contribution < -0.4 is 0 Å². The number of ketones is 1. The third-order valence-corrected chi connectivity index (χ3v) is 4.29. The number of nitro groups is 1. The Balaban J connectivity index is 3.09. The largest absolute Gasteiger partial charge is 0.298 e. The number of benzene rings is 1. The van der Waals surface area contributed by atoms with Crippen molar-refractivity contribution in [3.8, 4) is 0 Å². The molecule has 0 amide bonds. The van der Waals surface area contributed by atoms with E-state index in [-0.39, 0.29) is 12.3 Å². The molecule has 2 atom stereocenters. The monoisotopic (exact) mass is 361 g/mol. The van der Waals surface area contributed by atoms with Crippen LogP contribution in [0.2, 0.25) is 5.02 Å². The molecule has 20 heavy (non-hydrogen) atoms. The van der Waals surface area contributed by atoms with Crippen LogP contribution in [0.5, 0.6) is 0 Å². The number of hydrogen-bond donors (Lipinski definition) is 0. The molecule has 0 radical (unpaired) electrons. The van der Waals surface area contributed by atoms with Gasteiger partial charge in [0.15, 0.2) is 5.78 Å². The lowest BCUT2D eigenvalue weighted by molar-refractivity contribution is -0.483. The third kappa shape index (κ3) is 4.56. The summed E-state index contributed by atoms with van der Waals surface area (Å²) in [5, 5.41) is 11.4. The minimum atomic E-state index is -0.603. The highest BCUT2D eigenvalue weighted by atomic mass is 79.9. The van der Waals surface area contributed by atoms with E-state index in [1.807, 2.05) is 0 Å². The van der Waals surface area contributed by atoms with Gasteiger partial charge in [-0.3, -0.25) is 14.9 Å². The van der Waals surface area contributed by atoms with Crippen LogP contribution in [-0.2, 0) is 4.79 Å². The SMILES string of the molecule is CC(C)(C)C(=O)C(Br)C(C[N+](=O)[O-])c1ccc(Cl)cc1. The fourth-order valence-electron chi connectivity index (χ4n) is 1.83. The zero-order valence-corrected chi connectivity index (χ0v) is 13.9. The first-order chi connectivity index (χ1) is 9.12. The van der Waals surface area contributed by atoms with E-state index in [1.165, 1.54) is 0 Å². The van der Waals surface area contributed by atoms with Crippen molar-refractivity contribution in [2.75, 3.05) is 6.54 Å². The van der Waals surface area contributed by atoms with Crippen molar-refractivity contribution < 1.29 is 9.72 Å². The van der Waals surface area contributed by atoms with Gasteiger partial charge in [-0.05, 0) is 17.7 Å². The molecular weight excluding hydrogens is 346 g/mol. The molecule has 0 aromatic heterocycles. The minimum absolute atomic E-state index is 0.0562. The van der Waals surface area contributed by atoms with Gasteiger partial charge >= 0.3 is 0 Å². The average molecular weight is 363 g/mol. The van der Waals surface area contributed by atoms with Crippen LogP contribution in [0, 0.1) is 15.5 Å². The normalized spacial score (nSPS) is 14.7. The van der Waals surface area contributed by atoms with Gasteiger partial charge in [0.1, 0.15) is 0 Å². The molecule has 1 aromatic rings. The van der Waals surface area contributed by atoms with Gasteiger partial charge < -0.3 is 0 Å². The molecule has 0 fully saturated rings. The van der Waals surface area contributed by atoms with E-state index < -0.39 is 21.1 Å². The number of alkyl halides is 1. The quantitative estimate of drug-likeness (QED) is 0.450. The average Bonchev–Trinajstić information content (AvgIpc) is 2.34. The molecule has 0 aliphatic rings. The predicted molar refractivity (Wildman–Crippen MR) is 83.2 cm³/mol. The maximum Gasteiger partial charge on any atom is 0.212 e. The Kier molecular flexibility index (Phi) is 5.71. The predicted octanol–water partition coefficient (Wildman–Crippen LogP) is 4.08. The summed E-state index contributed by atoms with van der Waals surface area (Å²) in [5.74, 6) is -0.576. The van der Waals surface area contributed by atoms with Gasteiger partial charge in [-0.1, -0.05) is 60.4 Å². The second kappa shape index (κ2) is 6.68. The summed E-state index contributed by atoms with van der Waals surface area (Å²) >= 11 is 9.17. The molecule has 0 heterocycles. The molecule has 0 N–H and O–H groups in total. The van der Waals surface area contributed by atoms with E-state index in [4.69, 9.17) is 11.6 Å². The Morgan fingerprint density at radius 3 is 2.25 bits per heavy atom. The number of rotatable bonds is 5. The van der Waals surface area contributed by atoms with E-state index in [0.717, 1.165) is 5.56 Å². The lowest BCUT2D eigenvalue weighted by atomic mass is 9.83. The Morgan fingerprint density at radius 1 is 1.35 bits per heavy atom. The van der Waals surface area contributed by atoms with E-state index in [2.05, 4.69) is 15.9 Å². The standard InChI is InChI=1S/C14H17BrClNO3/c1-14(2,3)13(18)12(15)11(8-17(19)20)9-4-6-10(16)7-5-9/h4-7,11-12H,8H2,1-3H3. The number of nitrogens with zero attached hydrogens (tertiary/aromatic N) is 1. The molecule has 0 aliphatic heterocycles. The molecule has 110 valence electrons. The third-order valence-electron chi connectivity index (χ3n) is 2.99. The number of carbonyl (C=O) groups excluding carboxylic acids is 1. The lowest BCUT2D eigenvalue weighted by Gasteiger charge is -2.25. The molecule has 0 saturated heterocycles. The van der Waals surface area contributed by atoms with Crippen LogP contribution in [0.4, 0.5) is 0 Å². The first-order valence-electron chi connectivity index (χ1n) is 6.18. The molecule has 0 spiro atoms. The molecule has 6 heteroatoms. The van der Waals surface area contributed by atoms with Crippen molar-refractivity contribution in [3.63, 3.8) is 0 Å². The summed E-state index contributed by atoms with van der Waals surface area (Å²) < 4.78 is 0. The van der Waals surface area contributed by atoms with Crippen LogP contribution in [0.25, 0.3) is 0 Å². The Bertz CT molecular complexity index is 496. The highest BCUT2D eigenvalue weighted by Gasteiger charge is 2.36. The van der Waals surface area contributed by atoms with Gasteiger partial charge in [0.05, 0.1) is 10.7 Å². The number of Topliss-reactive ketones (excluding diaryl/α,β-unsaturated/α-hetero) is 1. The number of hydrogen-bond acceptors (Lipinski definition) is 3. The van der Waals surface area contributed by atoms with Crippen LogP contribution in [0.15, 0.2) is 24.3 Å². The van der Waals surface area contributed by atoms with E-state index in [1.54, 1.807) is 45.0 Å². The van der Waals surface area contributed by atoms with Crippen LogP contribution in [-0.4, -0.2) is 22.1 Å². The fraction of sp³-hybridized carbons (Fsp3) is 0.500. The van der Waals surface area contributed by atoms with Crippen LogP contribution in [0.3, 0.4) is 0 Å². The van der Waals surface area contributed by atoms with Crippen LogP contribution in [0.1, 0.15) is 32.3 Å². The highest BCUT2D eigenvalue weighted by molar-refractivity contribution is 9.10.